The van der Waals surface area contributed by atoms with Gasteiger partial charge in [0.1, 0.15) is 9.75 Å². The molecule has 1 saturated carbocycles. The van der Waals surface area contributed by atoms with Crippen molar-refractivity contribution in [3.63, 3.8) is 0 Å². The standard InChI is InChI=1S/C23H21ClN2O6S2/c24-17-6-4-14(5-7-17)19-8-9-20(33-19)34(31,32)26-23(22(29)30)13-18(23)15-2-1-3-16(12-15)21(28)25-10-11-27/h1-9,12,18,26-27H,10-11,13H2,(H,25,28)(H,29,30)/t18-,23+/m0/s1. The monoisotopic (exact) mass is 520 g/mol. The van der Waals surface area contributed by atoms with Crippen LogP contribution >= 0.6 is 22.9 Å². The van der Waals surface area contributed by atoms with Crippen LogP contribution in [0, 0.1) is 0 Å². The van der Waals surface area contributed by atoms with Gasteiger partial charge in [0.2, 0.25) is 0 Å². The Kier molecular flexibility index (Phi) is 6.79. The number of sulfonamides is 1. The molecule has 0 radical (unpaired) electrons. The fraction of sp³-hybridized carbons (Fsp3) is 0.217. The lowest BCUT2D eigenvalue weighted by atomic mass is 10.0. The Morgan fingerprint density at radius 1 is 1.12 bits per heavy atom. The molecule has 4 rings (SSSR count). The van der Waals surface area contributed by atoms with Crippen molar-refractivity contribution in [1.29, 1.82) is 0 Å². The van der Waals surface area contributed by atoms with E-state index in [1.807, 2.05) is 0 Å². The van der Waals surface area contributed by atoms with Crippen molar-refractivity contribution < 1.29 is 28.2 Å². The molecular formula is C23H21ClN2O6S2. The highest BCUT2D eigenvalue weighted by Crippen LogP contribution is 2.52. The number of rotatable bonds is 9. The predicted molar refractivity (Wildman–Crippen MR) is 129 cm³/mol. The number of benzene rings is 2. The minimum atomic E-state index is -4.12. The predicted octanol–water partition coefficient (Wildman–Crippen LogP) is 3.08. The number of hydrogen-bond donors (Lipinski definition) is 4. The lowest BCUT2D eigenvalue weighted by molar-refractivity contribution is -0.140. The fourth-order valence-electron chi connectivity index (χ4n) is 3.75. The Hall–Kier alpha value is -2.76. The van der Waals surface area contributed by atoms with Crippen molar-refractivity contribution in [3.8, 4) is 10.4 Å². The molecule has 178 valence electrons. The molecule has 0 aliphatic heterocycles. The molecule has 1 aliphatic carbocycles. The lowest BCUT2D eigenvalue weighted by Gasteiger charge is -2.15. The normalized spacial score (nSPS) is 19.5. The van der Waals surface area contributed by atoms with E-state index in [0.29, 0.717) is 21.0 Å². The third-order valence-corrected chi connectivity index (χ3v) is 8.97. The molecule has 1 fully saturated rings. The number of thiophene rings is 1. The summed E-state index contributed by atoms with van der Waals surface area (Å²) in [4.78, 5) is 25.0. The minimum Gasteiger partial charge on any atom is -0.480 e. The van der Waals surface area contributed by atoms with E-state index in [2.05, 4.69) is 10.0 Å². The van der Waals surface area contributed by atoms with Crippen LogP contribution in [0.3, 0.4) is 0 Å². The van der Waals surface area contributed by atoms with Crippen molar-refractivity contribution >= 4 is 44.8 Å². The van der Waals surface area contributed by atoms with Gasteiger partial charge in [-0.05, 0) is 53.9 Å². The summed E-state index contributed by atoms with van der Waals surface area (Å²) in [5, 5.41) is 21.9. The maximum absolute atomic E-state index is 13.1. The minimum absolute atomic E-state index is 0.000793. The summed E-state index contributed by atoms with van der Waals surface area (Å²) in [6.07, 6.45) is 0.0543. The molecule has 0 saturated heterocycles. The van der Waals surface area contributed by atoms with E-state index in [9.17, 15) is 23.1 Å². The number of amides is 1. The molecule has 8 nitrogen and oxygen atoms in total. The summed E-state index contributed by atoms with van der Waals surface area (Å²) in [7, 11) is -4.12. The van der Waals surface area contributed by atoms with Gasteiger partial charge in [-0.25, -0.2) is 8.42 Å². The molecule has 0 bridgehead atoms. The van der Waals surface area contributed by atoms with Crippen LogP contribution in [0.2, 0.25) is 5.02 Å². The first-order valence-corrected chi connectivity index (χ1v) is 13.0. The van der Waals surface area contributed by atoms with Crippen LogP contribution in [0.15, 0.2) is 64.9 Å². The van der Waals surface area contributed by atoms with Crippen LogP contribution in [-0.2, 0) is 14.8 Å². The summed E-state index contributed by atoms with van der Waals surface area (Å²) in [5.74, 6) is -2.34. The van der Waals surface area contributed by atoms with Crippen LogP contribution in [0.4, 0.5) is 0 Å². The largest absolute Gasteiger partial charge is 0.480 e. The maximum Gasteiger partial charge on any atom is 0.325 e. The van der Waals surface area contributed by atoms with Crippen LogP contribution < -0.4 is 10.0 Å². The zero-order valence-electron chi connectivity index (χ0n) is 17.7. The molecule has 1 heterocycles. The summed E-state index contributed by atoms with van der Waals surface area (Å²) < 4.78 is 28.6. The number of hydrogen-bond acceptors (Lipinski definition) is 6. The third kappa shape index (κ3) is 4.86. The van der Waals surface area contributed by atoms with Gasteiger partial charge in [-0.3, -0.25) is 9.59 Å². The summed E-state index contributed by atoms with van der Waals surface area (Å²) in [5.41, 5.74) is -0.0752. The van der Waals surface area contributed by atoms with Crippen LogP contribution in [-0.4, -0.2) is 49.2 Å². The first kappa shape index (κ1) is 24.4. The number of carbonyl (C=O) groups is 2. The number of carbonyl (C=O) groups excluding carboxylic acids is 1. The van der Waals surface area contributed by atoms with Gasteiger partial charge in [0.05, 0.1) is 6.61 Å². The van der Waals surface area contributed by atoms with Crippen molar-refractivity contribution in [2.45, 2.75) is 22.1 Å². The smallest absolute Gasteiger partial charge is 0.325 e. The van der Waals surface area contributed by atoms with E-state index in [0.717, 1.165) is 16.9 Å². The summed E-state index contributed by atoms with van der Waals surface area (Å²) >= 11 is 6.94. The number of halogens is 1. The topological polar surface area (TPSA) is 133 Å². The quantitative estimate of drug-likeness (QED) is 0.343. The molecule has 0 unspecified atom stereocenters. The number of carboxylic acid groups (broad SMARTS) is 1. The van der Waals surface area contributed by atoms with Crippen LogP contribution in [0.5, 0.6) is 0 Å². The number of aliphatic hydroxyl groups excluding tert-OH is 1. The fourth-order valence-corrected chi connectivity index (χ4v) is 6.59. The first-order chi connectivity index (χ1) is 16.2. The molecule has 4 N–H and O–H groups in total. The Morgan fingerprint density at radius 2 is 1.85 bits per heavy atom. The van der Waals surface area contributed by atoms with E-state index < -0.39 is 33.4 Å². The molecule has 34 heavy (non-hydrogen) atoms. The zero-order valence-corrected chi connectivity index (χ0v) is 20.1. The summed E-state index contributed by atoms with van der Waals surface area (Å²) in [6, 6.07) is 16.4. The molecule has 1 aliphatic rings. The van der Waals surface area contributed by atoms with E-state index in [-0.39, 0.29) is 23.8 Å². The Bertz CT molecular complexity index is 1340. The van der Waals surface area contributed by atoms with E-state index in [4.69, 9.17) is 16.7 Å². The van der Waals surface area contributed by atoms with Gasteiger partial charge in [-0.2, -0.15) is 4.72 Å². The van der Waals surface area contributed by atoms with E-state index in [1.54, 1.807) is 54.6 Å². The van der Waals surface area contributed by atoms with Gasteiger partial charge in [0.15, 0.2) is 0 Å². The molecule has 2 aromatic carbocycles. The molecule has 1 aromatic heterocycles. The highest BCUT2D eigenvalue weighted by molar-refractivity contribution is 7.91. The second kappa shape index (κ2) is 9.47. The van der Waals surface area contributed by atoms with Gasteiger partial charge in [-0.15, -0.1) is 11.3 Å². The van der Waals surface area contributed by atoms with E-state index in [1.165, 1.54) is 6.07 Å². The molecular weight excluding hydrogens is 500 g/mol. The molecule has 0 spiro atoms. The van der Waals surface area contributed by atoms with Crippen molar-refractivity contribution in [2.75, 3.05) is 13.2 Å². The molecule has 11 heteroatoms. The second-order valence-corrected chi connectivity index (χ2v) is 11.3. The number of nitrogens with one attached hydrogen (secondary N) is 2. The summed E-state index contributed by atoms with van der Waals surface area (Å²) in [6.45, 7) is -0.120. The lowest BCUT2D eigenvalue weighted by Crippen LogP contribution is -2.44. The molecule has 1 amide bonds. The number of aliphatic hydroxyl groups is 1. The SMILES string of the molecule is O=C(NCCO)c1cccc([C@@H]2C[C@]2(NS(=O)(=O)c2ccc(-c3ccc(Cl)cc3)s2)C(=O)O)c1. The van der Waals surface area contributed by atoms with Gasteiger partial charge >= 0.3 is 5.97 Å². The highest BCUT2D eigenvalue weighted by atomic mass is 35.5. The van der Waals surface area contributed by atoms with Crippen LogP contribution in [0.25, 0.3) is 10.4 Å². The molecule has 3 aromatic rings. The highest BCUT2D eigenvalue weighted by Gasteiger charge is 2.63. The number of carboxylic acids is 1. The zero-order chi connectivity index (χ0) is 24.5. The van der Waals surface area contributed by atoms with Gasteiger partial charge in [-0.1, -0.05) is 35.9 Å². The van der Waals surface area contributed by atoms with Crippen LogP contribution in [0.1, 0.15) is 28.3 Å². The Morgan fingerprint density at radius 3 is 2.53 bits per heavy atom. The van der Waals surface area contributed by atoms with Gasteiger partial charge in [0.25, 0.3) is 15.9 Å². The average Bonchev–Trinajstić information content (AvgIpc) is 3.31. The maximum atomic E-state index is 13.1. The van der Waals surface area contributed by atoms with Crippen molar-refractivity contribution in [2.24, 2.45) is 0 Å². The first-order valence-electron chi connectivity index (χ1n) is 10.3. The van der Waals surface area contributed by atoms with Gasteiger partial charge < -0.3 is 15.5 Å². The second-order valence-electron chi connectivity index (χ2n) is 7.87. The third-order valence-electron chi connectivity index (χ3n) is 5.58. The van der Waals surface area contributed by atoms with Gasteiger partial charge in [0, 0.05) is 27.9 Å². The number of aliphatic carboxylic acids is 1. The average molecular weight is 521 g/mol. The van der Waals surface area contributed by atoms with Crippen molar-refractivity contribution in [3.05, 3.63) is 76.8 Å². The Balaban J connectivity index is 1.56. The Labute approximate surface area is 205 Å². The van der Waals surface area contributed by atoms with E-state index >= 15 is 0 Å². The van der Waals surface area contributed by atoms with Crippen molar-refractivity contribution in [1.82, 2.24) is 10.0 Å². The molecule has 2 atom stereocenters.